The van der Waals surface area contributed by atoms with Gasteiger partial charge in [-0.2, -0.15) is 0 Å². The molecule has 2 aromatic rings. The summed E-state index contributed by atoms with van der Waals surface area (Å²) >= 11 is 0. The van der Waals surface area contributed by atoms with Gasteiger partial charge in [-0.15, -0.1) is 0 Å². The lowest BCUT2D eigenvalue weighted by Crippen LogP contribution is -2.09. The number of benzene rings is 2. The van der Waals surface area contributed by atoms with E-state index in [1.165, 1.54) is 12.1 Å². The van der Waals surface area contributed by atoms with Crippen molar-refractivity contribution >= 4 is 19.1 Å². The predicted octanol–water partition coefficient (Wildman–Crippen LogP) is 2.44. The highest BCUT2D eigenvalue weighted by Gasteiger charge is 2.06. The van der Waals surface area contributed by atoms with Gasteiger partial charge in [-0.1, -0.05) is 47.9 Å². The Kier molecular flexibility index (Phi) is 3.93. The number of ketones is 1. The molecule has 18 heavy (non-hydrogen) atoms. The molecule has 0 N–H and O–H groups in total. The van der Waals surface area contributed by atoms with Crippen LogP contribution in [0.1, 0.15) is 22.3 Å². The molecule has 0 aliphatic carbocycles. The van der Waals surface area contributed by atoms with Gasteiger partial charge < -0.3 is 0 Å². The van der Waals surface area contributed by atoms with Gasteiger partial charge in [-0.05, 0) is 18.1 Å². The van der Waals surface area contributed by atoms with Crippen molar-refractivity contribution in [1.29, 1.82) is 0 Å². The summed E-state index contributed by atoms with van der Waals surface area (Å²) in [6.07, 6.45) is 0.887. The number of halogens is 1. The highest BCUT2D eigenvalue weighted by atomic mass is 19.1. The summed E-state index contributed by atoms with van der Waals surface area (Å²) in [5, 5.41) is 0. The number of Topliss-reactive ketones (excluding diaryl/α,β-unsaturated/α-hetero) is 1. The Labute approximate surface area is 107 Å². The van der Waals surface area contributed by atoms with E-state index in [9.17, 15) is 9.18 Å². The van der Waals surface area contributed by atoms with Crippen LogP contribution in [-0.2, 0) is 6.42 Å². The Morgan fingerprint density at radius 1 is 1.11 bits per heavy atom. The molecule has 0 bridgehead atoms. The first-order chi connectivity index (χ1) is 8.66. The van der Waals surface area contributed by atoms with Crippen LogP contribution in [-0.4, -0.2) is 13.6 Å². The number of carbonyl (C=O) groups excluding carboxylic acids is 1. The third-order valence-corrected chi connectivity index (χ3v) is 2.80. The summed E-state index contributed by atoms with van der Waals surface area (Å²) in [5.41, 5.74) is 1.60. The Morgan fingerprint density at radius 3 is 2.50 bits per heavy atom. The second-order valence-electron chi connectivity index (χ2n) is 4.15. The van der Waals surface area contributed by atoms with E-state index in [0.29, 0.717) is 18.4 Å². The van der Waals surface area contributed by atoms with E-state index in [2.05, 4.69) is 0 Å². The molecule has 0 amide bonds. The molecule has 0 aliphatic rings. The molecule has 2 rings (SSSR count). The highest BCUT2D eigenvalue weighted by molar-refractivity contribution is 6.32. The van der Waals surface area contributed by atoms with Crippen LogP contribution in [0, 0.1) is 5.82 Å². The topological polar surface area (TPSA) is 17.1 Å². The summed E-state index contributed by atoms with van der Waals surface area (Å²) < 4.78 is 13.2. The molecule has 2 radical (unpaired) electrons. The Hall–Kier alpha value is -1.90. The lowest BCUT2D eigenvalue weighted by molar-refractivity contribution is 0.0983. The van der Waals surface area contributed by atoms with Gasteiger partial charge in [0.15, 0.2) is 5.78 Å². The molecular formula is C15H12BFO. The van der Waals surface area contributed by atoms with Crippen LogP contribution in [0.5, 0.6) is 0 Å². The number of rotatable bonds is 4. The summed E-state index contributed by atoms with van der Waals surface area (Å²) in [6.45, 7) is 0. The fraction of sp³-hybridized carbons (Fsp3) is 0.133. The molecule has 0 saturated carbocycles. The van der Waals surface area contributed by atoms with Crippen LogP contribution in [0.25, 0.3) is 0 Å². The van der Waals surface area contributed by atoms with E-state index < -0.39 is 5.82 Å². The first kappa shape index (κ1) is 12.6. The molecule has 0 fully saturated rings. The summed E-state index contributed by atoms with van der Waals surface area (Å²) in [5.74, 6) is -0.368. The van der Waals surface area contributed by atoms with Crippen molar-refractivity contribution in [3.8, 4) is 0 Å². The molecule has 0 unspecified atom stereocenters. The second kappa shape index (κ2) is 5.63. The van der Waals surface area contributed by atoms with Gasteiger partial charge in [0.2, 0.25) is 0 Å². The van der Waals surface area contributed by atoms with Gasteiger partial charge in [0, 0.05) is 12.0 Å². The normalized spacial score (nSPS) is 10.3. The Bertz CT molecular complexity index is 552. The molecule has 3 heteroatoms. The van der Waals surface area contributed by atoms with Crippen LogP contribution in [0.15, 0.2) is 48.5 Å². The Morgan fingerprint density at radius 2 is 1.83 bits per heavy atom. The average molecular weight is 238 g/mol. The molecule has 2 aromatic carbocycles. The van der Waals surface area contributed by atoms with E-state index in [1.54, 1.807) is 18.2 Å². The first-order valence-electron chi connectivity index (χ1n) is 5.79. The quantitative estimate of drug-likeness (QED) is 0.590. The maximum absolute atomic E-state index is 13.2. The van der Waals surface area contributed by atoms with Crippen LogP contribution >= 0.6 is 0 Å². The molecule has 0 aromatic heterocycles. The van der Waals surface area contributed by atoms with E-state index in [-0.39, 0.29) is 11.2 Å². The monoisotopic (exact) mass is 238 g/mol. The fourth-order valence-electron chi connectivity index (χ4n) is 1.75. The molecule has 0 spiro atoms. The van der Waals surface area contributed by atoms with E-state index >= 15 is 0 Å². The van der Waals surface area contributed by atoms with Gasteiger partial charge >= 0.3 is 0 Å². The lowest BCUT2D eigenvalue weighted by atomic mass is 9.93. The molecule has 0 aliphatic heterocycles. The van der Waals surface area contributed by atoms with Crippen molar-refractivity contribution in [3.63, 3.8) is 0 Å². The predicted molar refractivity (Wildman–Crippen MR) is 70.9 cm³/mol. The van der Waals surface area contributed by atoms with Crippen LogP contribution in [0.4, 0.5) is 4.39 Å². The van der Waals surface area contributed by atoms with E-state index in [4.69, 9.17) is 7.85 Å². The first-order valence-corrected chi connectivity index (χ1v) is 5.79. The van der Waals surface area contributed by atoms with Crippen molar-refractivity contribution in [2.75, 3.05) is 0 Å². The zero-order valence-electron chi connectivity index (χ0n) is 9.90. The highest BCUT2D eigenvalue weighted by Crippen LogP contribution is 2.09. The molecular weight excluding hydrogens is 226 g/mol. The van der Waals surface area contributed by atoms with Gasteiger partial charge in [0.1, 0.15) is 13.7 Å². The van der Waals surface area contributed by atoms with Gasteiger partial charge in [-0.3, -0.25) is 4.79 Å². The van der Waals surface area contributed by atoms with Crippen LogP contribution in [0.3, 0.4) is 0 Å². The SMILES string of the molecule is [B]c1ccc(CCC(=O)c2ccccc2)cc1F. The van der Waals surface area contributed by atoms with Crippen molar-refractivity contribution < 1.29 is 9.18 Å². The number of carbonyl (C=O) groups is 1. The van der Waals surface area contributed by atoms with Crippen molar-refractivity contribution in [2.24, 2.45) is 0 Å². The van der Waals surface area contributed by atoms with E-state index in [1.807, 2.05) is 18.2 Å². The van der Waals surface area contributed by atoms with E-state index in [0.717, 1.165) is 5.56 Å². The average Bonchev–Trinajstić information content (AvgIpc) is 2.41. The number of aryl methyl sites for hydroxylation is 1. The standard InChI is InChI=1S/C15H12BFO/c16-13-8-6-11(10-14(13)17)7-9-15(18)12-4-2-1-3-5-12/h1-6,8,10H,7,9H2. The zero-order chi connectivity index (χ0) is 13.0. The van der Waals surface area contributed by atoms with Crippen molar-refractivity contribution in [3.05, 3.63) is 65.5 Å². The number of hydrogen-bond donors (Lipinski definition) is 0. The summed E-state index contributed by atoms with van der Waals surface area (Å²) in [4.78, 5) is 11.9. The van der Waals surface area contributed by atoms with Crippen LogP contribution < -0.4 is 5.46 Å². The maximum atomic E-state index is 13.2. The van der Waals surface area contributed by atoms with Crippen molar-refractivity contribution in [2.45, 2.75) is 12.8 Å². The van der Waals surface area contributed by atoms with Gasteiger partial charge in [0.25, 0.3) is 0 Å². The molecule has 1 nitrogen and oxygen atoms in total. The minimum atomic E-state index is -0.431. The maximum Gasteiger partial charge on any atom is 0.163 e. The molecule has 0 saturated heterocycles. The largest absolute Gasteiger partial charge is 0.294 e. The van der Waals surface area contributed by atoms with Crippen molar-refractivity contribution in [1.82, 2.24) is 0 Å². The fourth-order valence-corrected chi connectivity index (χ4v) is 1.75. The Balaban J connectivity index is 1.99. The zero-order valence-corrected chi connectivity index (χ0v) is 9.90. The molecule has 0 atom stereocenters. The minimum Gasteiger partial charge on any atom is -0.294 e. The van der Waals surface area contributed by atoms with Gasteiger partial charge in [0.05, 0.1) is 0 Å². The minimum absolute atomic E-state index is 0.0628. The molecule has 88 valence electrons. The van der Waals surface area contributed by atoms with Crippen LogP contribution in [0.2, 0.25) is 0 Å². The summed E-state index contributed by atoms with van der Waals surface area (Å²) in [6, 6.07) is 13.7. The third kappa shape index (κ3) is 3.07. The van der Waals surface area contributed by atoms with Gasteiger partial charge in [-0.25, -0.2) is 4.39 Å². The second-order valence-corrected chi connectivity index (χ2v) is 4.15. The lowest BCUT2D eigenvalue weighted by Gasteiger charge is -2.03. The third-order valence-electron chi connectivity index (χ3n) is 2.80. The number of hydrogen-bond acceptors (Lipinski definition) is 1. The molecule has 0 heterocycles. The smallest absolute Gasteiger partial charge is 0.163 e. The summed E-state index contributed by atoms with van der Waals surface area (Å²) in [7, 11) is 5.39.